The molecular weight excluding hydrogens is 428 g/mol. The van der Waals surface area contributed by atoms with Crippen molar-refractivity contribution in [2.24, 2.45) is 0 Å². The zero-order valence-corrected chi connectivity index (χ0v) is 18.0. The molecule has 2 rings (SSSR count). The van der Waals surface area contributed by atoms with Crippen molar-refractivity contribution < 1.29 is 24.2 Å². The number of aliphatic carboxylic acids is 1. The second kappa shape index (κ2) is 12.1. The number of rotatable bonds is 10. The Morgan fingerprint density at radius 2 is 1.90 bits per heavy atom. The van der Waals surface area contributed by atoms with Crippen LogP contribution < -0.4 is 10.6 Å². The van der Waals surface area contributed by atoms with Crippen molar-refractivity contribution in [3.63, 3.8) is 0 Å². The molecule has 2 aromatic carbocycles. The summed E-state index contributed by atoms with van der Waals surface area (Å²) in [5.74, 6) is -0.795. The maximum Gasteiger partial charge on any atom is 0.411 e. The molecule has 0 unspecified atom stereocenters. The number of nitrogens with one attached hydrogen (secondary N) is 2. The molecular formula is C21H23ClN2O5S. The fraction of sp³-hybridized carbons (Fsp3) is 0.286. The van der Waals surface area contributed by atoms with Gasteiger partial charge in [0.1, 0.15) is 12.6 Å². The van der Waals surface area contributed by atoms with Gasteiger partial charge in [0.2, 0.25) is 0 Å². The van der Waals surface area contributed by atoms with E-state index in [1.807, 2.05) is 36.6 Å². The van der Waals surface area contributed by atoms with Crippen LogP contribution in [-0.2, 0) is 9.53 Å². The Labute approximate surface area is 184 Å². The van der Waals surface area contributed by atoms with Gasteiger partial charge in [0.15, 0.2) is 0 Å². The predicted octanol–water partition coefficient (Wildman–Crippen LogP) is 4.08. The summed E-state index contributed by atoms with van der Waals surface area (Å²) in [6.45, 7) is 0.0754. The van der Waals surface area contributed by atoms with Gasteiger partial charge in [-0.1, -0.05) is 30.3 Å². The lowest BCUT2D eigenvalue weighted by atomic mass is 9.98. The van der Waals surface area contributed by atoms with Gasteiger partial charge in [0.25, 0.3) is 5.91 Å². The number of carboxylic acids is 1. The number of ether oxygens (including phenoxy) is 1. The Morgan fingerprint density at radius 3 is 2.53 bits per heavy atom. The summed E-state index contributed by atoms with van der Waals surface area (Å²) in [6.07, 6.45) is 1.53. The Morgan fingerprint density at radius 1 is 1.17 bits per heavy atom. The van der Waals surface area contributed by atoms with Crippen LogP contribution in [0.1, 0.15) is 16.8 Å². The Balaban J connectivity index is 2.32. The summed E-state index contributed by atoms with van der Waals surface area (Å²) in [6, 6.07) is 12.9. The first-order chi connectivity index (χ1) is 14.5. The Bertz CT molecular complexity index is 879. The SMILES string of the molecule is CSCC[C@H](NC(=O)c1ccc(NC(=O)OCCCl)cc1-c1ccccc1)C(=O)O. The van der Waals surface area contributed by atoms with Crippen LogP contribution in [0, 0.1) is 0 Å². The maximum absolute atomic E-state index is 12.9. The minimum absolute atomic E-state index is 0.0754. The van der Waals surface area contributed by atoms with E-state index in [0.717, 1.165) is 5.56 Å². The van der Waals surface area contributed by atoms with E-state index in [2.05, 4.69) is 10.6 Å². The molecule has 160 valence electrons. The van der Waals surface area contributed by atoms with E-state index in [0.29, 0.717) is 29.0 Å². The summed E-state index contributed by atoms with van der Waals surface area (Å²) >= 11 is 7.02. The molecule has 2 aromatic rings. The van der Waals surface area contributed by atoms with Crippen molar-refractivity contribution in [3.8, 4) is 11.1 Å². The molecule has 0 aliphatic heterocycles. The van der Waals surface area contributed by atoms with E-state index in [9.17, 15) is 19.5 Å². The van der Waals surface area contributed by atoms with Crippen LogP contribution in [-0.4, -0.2) is 53.6 Å². The van der Waals surface area contributed by atoms with E-state index in [4.69, 9.17) is 16.3 Å². The third-order valence-electron chi connectivity index (χ3n) is 4.12. The molecule has 9 heteroatoms. The Hall–Kier alpha value is -2.71. The topological polar surface area (TPSA) is 105 Å². The molecule has 0 aliphatic carbocycles. The predicted molar refractivity (Wildman–Crippen MR) is 119 cm³/mol. The number of thioether (sulfide) groups is 1. The fourth-order valence-electron chi connectivity index (χ4n) is 2.69. The molecule has 0 saturated carbocycles. The number of alkyl halides is 1. The molecule has 0 radical (unpaired) electrons. The quantitative estimate of drug-likeness (QED) is 0.471. The van der Waals surface area contributed by atoms with E-state index < -0.39 is 24.0 Å². The number of hydrogen-bond donors (Lipinski definition) is 3. The number of carbonyl (C=O) groups is 3. The number of halogens is 1. The lowest BCUT2D eigenvalue weighted by Gasteiger charge is -2.17. The summed E-state index contributed by atoms with van der Waals surface area (Å²) in [7, 11) is 0. The van der Waals surface area contributed by atoms with Gasteiger partial charge in [0.05, 0.1) is 5.88 Å². The highest BCUT2D eigenvalue weighted by atomic mass is 35.5. The van der Waals surface area contributed by atoms with Crippen LogP contribution in [0.25, 0.3) is 11.1 Å². The average Bonchev–Trinajstić information content (AvgIpc) is 2.75. The first kappa shape index (κ1) is 23.6. The van der Waals surface area contributed by atoms with Crippen LogP contribution in [0.4, 0.5) is 10.5 Å². The van der Waals surface area contributed by atoms with Crippen molar-refractivity contribution >= 4 is 47.0 Å². The van der Waals surface area contributed by atoms with Crippen molar-refractivity contribution in [1.82, 2.24) is 5.32 Å². The number of carboxylic acid groups (broad SMARTS) is 1. The molecule has 0 bridgehead atoms. The van der Waals surface area contributed by atoms with Crippen molar-refractivity contribution in [2.75, 3.05) is 29.8 Å². The first-order valence-electron chi connectivity index (χ1n) is 9.18. The third-order valence-corrected chi connectivity index (χ3v) is 4.92. The molecule has 1 atom stereocenters. The normalized spacial score (nSPS) is 11.4. The van der Waals surface area contributed by atoms with E-state index in [1.165, 1.54) is 11.8 Å². The first-order valence-corrected chi connectivity index (χ1v) is 11.1. The highest BCUT2D eigenvalue weighted by molar-refractivity contribution is 7.98. The number of hydrogen-bond acceptors (Lipinski definition) is 5. The van der Waals surface area contributed by atoms with Crippen LogP contribution in [0.2, 0.25) is 0 Å². The molecule has 0 aromatic heterocycles. The molecule has 0 fully saturated rings. The standard InChI is InChI=1S/C21H23ClN2O5S/c1-30-12-9-18(20(26)27)24-19(25)16-8-7-15(23-21(28)29-11-10-22)13-17(16)14-5-3-2-4-6-14/h2-8,13,18H,9-12H2,1H3,(H,23,28)(H,24,25)(H,26,27)/t18-/m0/s1. The molecule has 0 saturated heterocycles. The second-order valence-corrected chi connectivity index (χ2v) is 7.59. The largest absolute Gasteiger partial charge is 0.480 e. The van der Waals surface area contributed by atoms with Crippen LogP contribution in [0.5, 0.6) is 0 Å². The van der Waals surface area contributed by atoms with E-state index >= 15 is 0 Å². The average molecular weight is 451 g/mol. The molecule has 0 spiro atoms. The van der Waals surface area contributed by atoms with Crippen molar-refractivity contribution in [2.45, 2.75) is 12.5 Å². The summed E-state index contributed by atoms with van der Waals surface area (Å²) in [5.41, 5.74) is 2.03. The van der Waals surface area contributed by atoms with Gasteiger partial charge in [-0.15, -0.1) is 11.6 Å². The summed E-state index contributed by atoms with van der Waals surface area (Å²) in [5, 5.41) is 14.6. The number of anilines is 1. The minimum atomic E-state index is -1.08. The number of amides is 2. The summed E-state index contributed by atoms with van der Waals surface area (Å²) < 4.78 is 4.91. The fourth-order valence-corrected chi connectivity index (χ4v) is 3.24. The highest BCUT2D eigenvalue weighted by Crippen LogP contribution is 2.27. The van der Waals surface area contributed by atoms with Gasteiger partial charge in [-0.3, -0.25) is 10.1 Å². The van der Waals surface area contributed by atoms with Gasteiger partial charge in [-0.2, -0.15) is 11.8 Å². The molecule has 3 N–H and O–H groups in total. The third kappa shape index (κ3) is 6.96. The second-order valence-electron chi connectivity index (χ2n) is 6.22. The summed E-state index contributed by atoms with van der Waals surface area (Å²) in [4.78, 5) is 36.2. The van der Waals surface area contributed by atoms with Gasteiger partial charge < -0.3 is 15.2 Å². The van der Waals surface area contributed by atoms with Crippen LogP contribution >= 0.6 is 23.4 Å². The van der Waals surface area contributed by atoms with Gasteiger partial charge >= 0.3 is 12.1 Å². The van der Waals surface area contributed by atoms with Crippen LogP contribution in [0.15, 0.2) is 48.5 Å². The number of benzene rings is 2. The lowest BCUT2D eigenvalue weighted by molar-refractivity contribution is -0.139. The monoisotopic (exact) mass is 450 g/mol. The Kier molecular flexibility index (Phi) is 9.50. The smallest absolute Gasteiger partial charge is 0.411 e. The molecule has 2 amide bonds. The van der Waals surface area contributed by atoms with E-state index in [1.54, 1.807) is 18.2 Å². The molecule has 30 heavy (non-hydrogen) atoms. The van der Waals surface area contributed by atoms with Gasteiger partial charge in [-0.05, 0) is 47.8 Å². The van der Waals surface area contributed by atoms with Gasteiger partial charge in [0, 0.05) is 11.3 Å². The van der Waals surface area contributed by atoms with Crippen molar-refractivity contribution in [3.05, 3.63) is 54.1 Å². The zero-order chi connectivity index (χ0) is 21.9. The van der Waals surface area contributed by atoms with Crippen LogP contribution in [0.3, 0.4) is 0 Å². The highest BCUT2D eigenvalue weighted by Gasteiger charge is 2.22. The molecule has 0 heterocycles. The maximum atomic E-state index is 12.9. The molecule has 0 aliphatic rings. The van der Waals surface area contributed by atoms with Gasteiger partial charge in [-0.25, -0.2) is 9.59 Å². The van der Waals surface area contributed by atoms with E-state index in [-0.39, 0.29) is 12.5 Å². The number of carbonyl (C=O) groups excluding carboxylic acids is 2. The zero-order valence-electron chi connectivity index (χ0n) is 16.4. The lowest BCUT2D eigenvalue weighted by Crippen LogP contribution is -2.41. The van der Waals surface area contributed by atoms with Crippen molar-refractivity contribution in [1.29, 1.82) is 0 Å². The minimum Gasteiger partial charge on any atom is -0.480 e. The molecule has 7 nitrogen and oxygen atoms in total.